The maximum Gasteiger partial charge on any atom is 0.135 e. The summed E-state index contributed by atoms with van der Waals surface area (Å²) in [5, 5.41) is 4.42. The van der Waals surface area contributed by atoms with E-state index in [1.54, 1.807) is 0 Å². The van der Waals surface area contributed by atoms with Crippen LogP contribution in [0.25, 0.3) is 0 Å². The fourth-order valence-electron chi connectivity index (χ4n) is 5.03. The number of fused-ring (bicyclic) bond motifs is 1. The molecule has 4 heterocycles. The number of rotatable bonds is 5. The normalized spacial score (nSPS) is 22.7. The summed E-state index contributed by atoms with van der Waals surface area (Å²) in [4.78, 5) is 15.3. The lowest BCUT2D eigenvalue weighted by Gasteiger charge is -2.34. The van der Waals surface area contributed by atoms with Crippen LogP contribution in [0.2, 0.25) is 0 Å². The third-order valence-corrected chi connectivity index (χ3v) is 7.14. The van der Waals surface area contributed by atoms with Crippen LogP contribution >= 0.6 is 0 Å². The fraction of sp³-hybridized carbons (Fsp3) is 0.696. The van der Waals surface area contributed by atoms with Crippen molar-refractivity contribution in [3.05, 3.63) is 34.5 Å². The molecule has 1 saturated carbocycles. The summed E-state index contributed by atoms with van der Waals surface area (Å²) in [5.74, 6) is 3.67. The van der Waals surface area contributed by atoms with E-state index < -0.39 is 0 Å². The van der Waals surface area contributed by atoms with Gasteiger partial charge in [0.25, 0.3) is 0 Å². The molecule has 3 aliphatic rings. The molecule has 0 radical (unpaired) electrons. The van der Waals surface area contributed by atoms with Crippen molar-refractivity contribution in [3.63, 3.8) is 0 Å². The first-order chi connectivity index (χ1) is 14.1. The van der Waals surface area contributed by atoms with E-state index in [0.717, 1.165) is 44.3 Å². The van der Waals surface area contributed by atoms with Crippen LogP contribution in [0.4, 0.5) is 5.82 Å². The van der Waals surface area contributed by atoms with E-state index in [0.29, 0.717) is 5.92 Å². The monoisotopic (exact) mass is 394 g/mol. The highest BCUT2D eigenvalue weighted by atomic mass is 15.3. The predicted octanol–water partition coefficient (Wildman–Crippen LogP) is 3.37. The van der Waals surface area contributed by atoms with Crippen molar-refractivity contribution in [2.75, 3.05) is 31.1 Å². The van der Waals surface area contributed by atoms with E-state index in [1.807, 2.05) is 17.9 Å². The summed E-state index contributed by atoms with van der Waals surface area (Å²) in [6.45, 7) is 9.90. The van der Waals surface area contributed by atoms with Gasteiger partial charge in [0.2, 0.25) is 0 Å². The van der Waals surface area contributed by atoms with Gasteiger partial charge in [-0.2, -0.15) is 5.10 Å². The number of hydrogen-bond acceptors (Lipinski definition) is 5. The first kappa shape index (κ1) is 19.0. The molecule has 1 atom stereocenters. The molecule has 2 aliphatic heterocycles. The van der Waals surface area contributed by atoms with Gasteiger partial charge in [-0.3, -0.25) is 9.58 Å². The Kier molecular flexibility index (Phi) is 5.06. The number of nitrogens with zero attached hydrogens (tertiary/aromatic N) is 6. The van der Waals surface area contributed by atoms with Crippen molar-refractivity contribution >= 4 is 5.82 Å². The number of piperidine rings is 1. The molecule has 0 N–H and O–H groups in total. The first-order valence-electron chi connectivity index (χ1n) is 11.4. The molecule has 2 aromatic rings. The molecule has 6 heteroatoms. The average molecular weight is 395 g/mol. The van der Waals surface area contributed by atoms with Crippen LogP contribution in [-0.2, 0) is 20.0 Å². The highest BCUT2D eigenvalue weighted by Gasteiger charge is 2.31. The quantitative estimate of drug-likeness (QED) is 0.778. The number of aryl methyl sites for hydroxylation is 2. The number of anilines is 1. The Morgan fingerprint density at radius 1 is 1.07 bits per heavy atom. The Balaban J connectivity index is 1.35. The van der Waals surface area contributed by atoms with Gasteiger partial charge in [0.15, 0.2) is 0 Å². The lowest BCUT2D eigenvalue weighted by Crippen LogP contribution is -2.36. The SMILES string of the molecule is Cc1nc(C2CCCN(Cc3cnn(C)c3C)C2)nc2c1CCCN2CC1CC1. The van der Waals surface area contributed by atoms with E-state index >= 15 is 0 Å². The minimum atomic E-state index is 0.439. The zero-order chi connectivity index (χ0) is 20.0. The molecule has 0 aromatic carbocycles. The fourth-order valence-corrected chi connectivity index (χ4v) is 5.03. The van der Waals surface area contributed by atoms with Crippen LogP contribution in [0, 0.1) is 19.8 Å². The van der Waals surface area contributed by atoms with Crippen LogP contribution in [0.5, 0.6) is 0 Å². The van der Waals surface area contributed by atoms with Gasteiger partial charge in [-0.05, 0) is 64.8 Å². The number of likely N-dealkylation sites (tertiary alicyclic amines) is 1. The zero-order valence-corrected chi connectivity index (χ0v) is 18.2. The van der Waals surface area contributed by atoms with Crippen molar-refractivity contribution in [2.45, 2.75) is 64.8 Å². The molecule has 1 aliphatic carbocycles. The number of aromatic nitrogens is 4. The smallest absolute Gasteiger partial charge is 0.135 e. The molecular weight excluding hydrogens is 360 g/mol. The largest absolute Gasteiger partial charge is 0.356 e. The Hall–Kier alpha value is -1.95. The third kappa shape index (κ3) is 3.91. The minimum Gasteiger partial charge on any atom is -0.356 e. The second kappa shape index (κ2) is 7.71. The summed E-state index contributed by atoms with van der Waals surface area (Å²) >= 11 is 0. The van der Waals surface area contributed by atoms with Crippen molar-refractivity contribution in [1.82, 2.24) is 24.6 Å². The molecule has 2 fully saturated rings. The maximum atomic E-state index is 5.19. The Bertz CT molecular complexity index is 884. The van der Waals surface area contributed by atoms with Gasteiger partial charge in [0, 0.05) is 61.7 Å². The molecule has 6 nitrogen and oxygen atoms in total. The molecule has 1 saturated heterocycles. The first-order valence-corrected chi connectivity index (χ1v) is 11.4. The molecule has 156 valence electrons. The molecule has 5 rings (SSSR count). The Morgan fingerprint density at radius 3 is 2.69 bits per heavy atom. The molecule has 0 bridgehead atoms. The summed E-state index contributed by atoms with van der Waals surface area (Å²) in [6, 6.07) is 0. The maximum absolute atomic E-state index is 5.19. The van der Waals surface area contributed by atoms with Crippen LogP contribution in [0.3, 0.4) is 0 Å². The lowest BCUT2D eigenvalue weighted by molar-refractivity contribution is 0.196. The Labute approximate surface area is 174 Å². The van der Waals surface area contributed by atoms with E-state index in [2.05, 4.69) is 28.7 Å². The van der Waals surface area contributed by atoms with Gasteiger partial charge >= 0.3 is 0 Å². The molecule has 29 heavy (non-hydrogen) atoms. The summed E-state index contributed by atoms with van der Waals surface area (Å²) in [7, 11) is 2.02. The van der Waals surface area contributed by atoms with Gasteiger partial charge in [0.05, 0.1) is 6.20 Å². The highest BCUT2D eigenvalue weighted by Crippen LogP contribution is 2.36. The molecule has 2 aromatic heterocycles. The average Bonchev–Trinajstić information content (AvgIpc) is 3.49. The molecule has 0 spiro atoms. The lowest BCUT2D eigenvalue weighted by atomic mass is 9.95. The highest BCUT2D eigenvalue weighted by molar-refractivity contribution is 5.51. The van der Waals surface area contributed by atoms with Crippen molar-refractivity contribution in [1.29, 1.82) is 0 Å². The van der Waals surface area contributed by atoms with Crippen LogP contribution in [0.1, 0.15) is 66.4 Å². The van der Waals surface area contributed by atoms with Crippen molar-refractivity contribution in [2.24, 2.45) is 13.0 Å². The zero-order valence-electron chi connectivity index (χ0n) is 18.2. The van der Waals surface area contributed by atoms with Crippen molar-refractivity contribution < 1.29 is 0 Å². The van der Waals surface area contributed by atoms with E-state index in [9.17, 15) is 0 Å². The molecular formula is C23H34N6. The van der Waals surface area contributed by atoms with E-state index in [1.165, 1.54) is 67.0 Å². The topological polar surface area (TPSA) is 50.1 Å². The van der Waals surface area contributed by atoms with Crippen LogP contribution in [0.15, 0.2) is 6.20 Å². The van der Waals surface area contributed by atoms with Gasteiger partial charge in [0.1, 0.15) is 11.6 Å². The van der Waals surface area contributed by atoms with Gasteiger partial charge in [-0.15, -0.1) is 0 Å². The molecule has 1 unspecified atom stereocenters. The van der Waals surface area contributed by atoms with Gasteiger partial charge in [-0.1, -0.05) is 0 Å². The van der Waals surface area contributed by atoms with Crippen LogP contribution < -0.4 is 4.90 Å². The predicted molar refractivity (Wildman–Crippen MR) is 115 cm³/mol. The van der Waals surface area contributed by atoms with Crippen molar-refractivity contribution in [3.8, 4) is 0 Å². The Morgan fingerprint density at radius 2 is 1.93 bits per heavy atom. The molecule has 0 amide bonds. The standard InChI is InChI=1S/C23H34N6/c1-16-21-7-5-11-29(13-18-8-9-18)23(21)26-22(25-16)19-6-4-10-28(14-19)15-20-12-24-27(3)17(20)2/h12,18-19H,4-11,13-15H2,1-3H3. The second-order valence-electron chi connectivity index (χ2n) is 9.42. The second-order valence-corrected chi connectivity index (χ2v) is 9.42. The summed E-state index contributed by atoms with van der Waals surface area (Å²) in [6.07, 6.45) is 9.61. The van der Waals surface area contributed by atoms with E-state index in [4.69, 9.17) is 9.97 Å². The van der Waals surface area contributed by atoms with E-state index in [-0.39, 0.29) is 0 Å². The third-order valence-electron chi connectivity index (χ3n) is 7.14. The summed E-state index contributed by atoms with van der Waals surface area (Å²) < 4.78 is 1.97. The number of hydrogen-bond donors (Lipinski definition) is 0. The summed E-state index contributed by atoms with van der Waals surface area (Å²) in [5.41, 5.74) is 5.22. The minimum absolute atomic E-state index is 0.439. The van der Waals surface area contributed by atoms with Gasteiger partial charge < -0.3 is 4.90 Å². The van der Waals surface area contributed by atoms with Gasteiger partial charge in [-0.25, -0.2) is 9.97 Å². The van der Waals surface area contributed by atoms with Crippen LogP contribution in [-0.4, -0.2) is 50.8 Å².